The maximum atomic E-state index is 13.3. The Bertz CT molecular complexity index is 1330. The van der Waals surface area contributed by atoms with Crippen LogP contribution in [0.3, 0.4) is 0 Å². The van der Waals surface area contributed by atoms with Gasteiger partial charge in [0.05, 0.1) is 19.8 Å². The van der Waals surface area contributed by atoms with Crippen molar-refractivity contribution < 1.29 is 65.8 Å². The van der Waals surface area contributed by atoms with Crippen LogP contribution in [0.1, 0.15) is 12.5 Å². The summed E-state index contributed by atoms with van der Waals surface area (Å²) in [7, 11) is -11.5. The number of ether oxygens (including phenoxy) is 3. The van der Waals surface area contributed by atoms with Crippen molar-refractivity contribution in [1.29, 1.82) is 0 Å². The van der Waals surface area contributed by atoms with Crippen LogP contribution < -0.4 is 4.74 Å². The van der Waals surface area contributed by atoms with Crippen molar-refractivity contribution in [3.8, 4) is 5.75 Å². The lowest BCUT2D eigenvalue weighted by Gasteiger charge is -2.44. The fraction of sp³-hybridized carbons (Fsp3) is 0.455. The number of benzene rings is 2. The summed E-state index contributed by atoms with van der Waals surface area (Å²) in [5, 5.41) is 0. The third-order valence-electron chi connectivity index (χ3n) is 5.37. The molecule has 9 nitrogen and oxygen atoms in total. The summed E-state index contributed by atoms with van der Waals surface area (Å²) in [5.74, 6) is 0.444. The Labute approximate surface area is 229 Å². The lowest BCUT2D eigenvalue weighted by molar-refractivity contribution is -0.199. The standard InChI is InChI=1S/C22H22F6O9S3/c1-13-17(36-39(29,30)21(23,24)25)18(37-40(31,32)22(26,27)28)19(20(35-13)38-16-6-4-3-5-7-16)34-12-14-8-10-15(33-2)11-9-14/h3-11,13,17-20H,12H2,1-2H3/t13-,17-,18-,19-,20+/m0/s1. The van der Waals surface area contributed by atoms with Gasteiger partial charge in [-0.25, -0.2) is 0 Å². The van der Waals surface area contributed by atoms with Crippen LogP contribution in [0.2, 0.25) is 0 Å². The van der Waals surface area contributed by atoms with Crippen molar-refractivity contribution in [2.75, 3.05) is 7.11 Å². The molecule has 5 atom stereocenters. The molecule has 0 unspecified atom stereocenters. The van der Waals surface area contributed by atoms with Crippen LogP contribution in [0, 0.1) is 0 Å². The number of rotatable bonds is 10. The molecule has 40 heavy (non-hydrogen) atoms. The van der Waals surface area contributed by atoms with Gasteiger partial charge in [0, 0.05) is 4.90 Å². The summed E-state index contributed by atoms with van der Waals surface area (Å²) in [6, 6.07) is 14.0. The molecular formula is C22H22F6O9S3. The first kappa shape index (κ1) is 32.4. The van der Waals surface area contributed by atoms with Gasteiger partial charge in [0.2, 0.25) is 0 Å². The zero-order valence-corrected chi connectivity index (χ0v) is 22.9. The zero-order chi connectivity index (χ0) is 29.9. The second-order valence-electron chi connectivity index (χ2n) is 8.19. The molecule has 0 aromatic heterocycles. The molecule has 1 aliphatic heterocycles. The smallest absolute Gasteiger partial charge is 0.497 e. The highest BCUT2D eigenvalue weighted by Crippen LogP contribution is 2.41. The second kappa shape index (κ2) is 12.4. The van der Waals surface area contributed by atoms with E-state index in [1.807, 2.05) is 0 Å². The highest BCUT2D eigenvalue weighted by molar-refractivity contribution is 7.99. The number of hydrogen-bond donors (Lipinski definition) is 0. The number of thioether (sulfide) groups is 1. The minimum atomic E-state index is -6.48. The van der Waals surface area contributed by atoms with Crippen molar-refractivity contribution in [3.05, 3.63) is 60.2 Å². The second-order valence-corrected chi connectivity index (χ2v) is 12.5. The van der Waals surface area contributed by atoms with Crippen LogP contribution in [0.25, 0.3) is 0 Å². The van der Waals surface area contributed by atoms with Crippen LogP contribution in [0.4, 0.5) is 26.3 Å². The number of halogens is 6. The normalized spacial score (nSPS) is 24.6. The lowest BCUT2D eigenvalue weighted by Crippen LogP contribution is -2.60. The summed E-state index contributed by atoms with van der Waals surface area (Å²) in [6.45, 7) is 0.564. The molecule has 1 heterocycles. The fourth-order valence-corrected chi connectivity index (χ4v) is 5.90. The SMILES string of the molecule is COc1ccc(CO[C@H]2[C@@H](OS(=O)(=O)C(F)(F)F)[C@@H](OS(=O)(=O)C(F)(F)F)[C@H](C)O[C@@H]2Sc2ccccc2)cc1. The summed E-state index contributed by atoms with van der Waals surface area (Å²) in [6.07, 6.45) is -8.68. The molecule has 0 N–H and O–H groups in total. The van der Waals surface area contributed by atoms with Crippen molar-refractivity contribution in [2.24, 2.45) is 0 Å². The molecule has 0 spiro atoms. The Hall–Kier alpha value is -2.09. The quantitative estimate of drug-likeness (QED) is 0.208. The number of alkyl halides is 6. The largest absolute Gasteiger partial charge is 0.523 e. The van der Waals surface area contributed by atoms with Crippen LogP contribution in [-0.2, 0) is 44.7 Å². The highest BCUT2D eigenvalue weighted by atomic mass is 32.2. The first-order valence-corrected chi connectivity index (χ1v) is 14.8. The summed E-state index contributed by atoms with van der Waals surface area (Å²) >= 11 is 0.830. The van der Waals surface area contributed by atoms with Crippen molar-refractivity contribution in [3.63, 3.8) is 0 Å². The van der Waals surface area contributed by atoms with Gasteiger partial charge in [-0.15, -0.1) is 0 Å². The monoisotopic (exact) mass is 640 g/mol. The van der Waals surface area contributed by atoms with E-state index in [1.165, 1.54) is 31.4 Å². The Morgan fingerprint density at radius 2 is 1.32 bits per heavy atom. The Morgan fingerprint density at radius 1 is 0.800 bits per heavy atom. The van der Waals surface area contributed by atoms with Crippen molar-refractivity contribution >= 4 is 32.0 Å². The molecule has 0 bridgehead atoms. The van der Waals surface area contributed by atoms with Crippen molar-refractivity contribution in [1.82, 2.24) is 0 Å². The van der Waals surface area contributed by atoms with Crippen LogP contribution in [0.15, 0.2) is 59.5 Å². The van der Waals surface area contributed by atoms with E-state index in [4.69, 9.17) is 14.2 Å². The first-order chi connectivity index (χ1) is 18.4. The van der Waals surface area contributed by atoms with Gasteiger partial charge in [-0.05, 0) is 36.8 Å². The zero-order valence-electron chi connectivity index (χ0n) is 20.5. The van der Waals surface area contributed by atoms with E-state index in [9.17, 15) is 43.2 Å². The van der Waals surface area contributed by atoms with Crippen molar-refractivity contribution in [2.45, 2.75) is 59.3 Å². The highest BCUT2D eigenvalue weighted by Gasteiger charge is 2.58. The van der Waals surface area contributed by atoms with Crippen LogP contribution >= 0.6 is 11.8 Å². The predicted molar refractivity (Wildman–Crippen MR) is 128 cm³/mol. The average Bonchev–Trinajstić information content (AvgIpc) is 2.85. The van der Waals surface area contributed by atoms with E-state index < -0.39 is 67.7 Å². The van der Waals surface area contributed by atoms with Gasteiger partial charge in [0.15, 0.2) is 0 Å². The maximum Gasteiger partial charge on any atom is 0.523 e. The molecule has 2 aromatic carbocycles. The summed E-state index contributed by atoms with van der Waals surface area (Å²) in [5.41, 5.74) is -13.0. The third kappa shape index (κ3) is 7.80. The maximum absolute atomic E-state index is 13.3. The lowest BCUT2D eigenvalue weighted by atomic mass is 10.0. The van der Waals surface area contributed by atoms with Gasteiger partial charge in [0.25, 0.3) is 0 Å². The molecule has 1 aliphatic rings. The van der Waals surface area contributed by atoms with E-state index in [2.05, 4.69) is 8.37 Å². The topological polar surface area (TPSA) is 114 Å². The Balaban J connectivity index is 2.06. The van der Waals surface area contributed by atoms with Gasteiger partial charge in [-0.1, -0.05) is 42.1 Å². The molecule has 224 valence electrons. The van der Waals surface area contributed by atoms with E-state index in [0.717, 1.165) is 18.7 Å². The molecule has 1 saturated heterocycles. The molecule has 0 aliphatic carbocycles. The Morgan fingerprint density at radius 3 is 1.82 bits per heavy atom. The van der Waals surface area contributed by atoms with Gasteiger partial charge < -0.3 is 14.2 Å². The van der Waals surface area contributed by atoms with Gasteiger partial charge >= 0.3 is 31.3 Å². The van der Waals surface area contributed by atoms with Gasteiger partial charge in [-0.3, -0.25) is 8.37 Å². The molecule has 0 saturated carbocycles. The number of hydrogen-bond acceptors (Lipinski definition) is 10. The predicted octanol–water partition coefficient (Wildman–Crippen LogP) is 4.59. The van der Waals surface area contributed by atoms with Crippen LogP contribution in [0.5, 0.6) is 5.75 Å². The first-order valence-electron chi connectivity index (χ1n) is 11.1. The molecule has 0 amide bonds. The van der Waals surface area contributed by atoms with E-state index in [1.54, 1.807) is 30.3 Å². The van der Waals surface area contributed by atoms with Gasteiger partial charge in [0.1, 0.15) is 29.5 Å². The molecule has 3 rings (SSSR count). The number of methoxy groups -OCH3 is 1. The molecule has 1 fully saturated rings. The third-order valence-corrected chi connectivity index (χ3v) is 8.61. The molecule has 2 aromatic rings. The molecule has 18 heteroatoms. The van der Waals surface area contributed by atoms with Gasteiger partial charge in [-0.2, -0.15) is 43.2 Å². The summed E-state index contributed by atoms with van der Waals surface area (Å²) in [4.78, 5) is 0.456. The van der Waals surface area contributed by atoms with E-state index in [0.29, 0.717) is 16.2 Å². The minimum Gasteiger partial charge on any atom is -0.497 e. The summed E-state index contributed by atoms with van der Waals surface area (Å²) < 4.78 is 152. The fourth-order valence-electron chi connectivity index (χ4n) is 3.44. The van der Waals surface area contributed by atoms with E-state index >= 15 is 0 Å². The van der Waals surface area contributed by atoms with Crippen LogP contribution in [-0.4, -0.2) is 64.8 Å². The molecular weight excluding hydrogens is 618 g/mol. The average molecular weight is 641 g/mol. The molecule has 0 radical (unpaired) electrons. The minimum absolute atomic E-state index is 0.390. The van der Waals surface area contributed by atoms with E-state index in [-0.39, 0.29) is 0 Å². The Kier molecular flexibility index (Phi) is 10.1.